The Bertz CT molecular complexity index is 330. The second-order valence-corrected chi connectivity index (χ2v) is 3.47. The van der Waals surface area contributed by atoms with Crippen LogP contribution < -0.4 is 0 Å². The summed E-state index contributed by atoms with van der Waals surface area (Å²) >= 11 is 0. The molecule has 1 aromatic rings. The topological polar surface area (TPSA) is 0 Å². The zero-order valence-corrected chi connectivity index (χ0v) is 7.25. The largest absolute Gasteiger partial charge is 0.120 e. The molecule has 2 rings (SSSR count). The molecule has 0 aliphatic heterocycles. The van der Waals surface area contributed by atoms with Crippen LogP contribution in [0, 0.1) is 25.2 Å². The molecule has 0 radical (unpaired) electrons. The normalized spacial score (nSPS) is 26.3. The highest BCUT2D eigenvalue weighted by atomic mass is 14.4. The fourth-order valence-electron chi connectivity index (χ4n) is 1.73. The molecule has 0 heterocycles. The van der Waals surface area contributed by atoms with E-state index in [-0.39, 0.29) is 0 Å². The molecule has 0 saturated heterocycles. The number of hydrogen-bond acceptors (Lipinski definition) is 0. The van der Waals surface area contributed by atoms with Gasteiger partial charge in [-0.3, -0.25) is 0 Å². The van der Waals surface area contributed by atoms with Crippen molar-refractivity contribution in [1.29, 1.82) is 0 Å². The first-order chi connectivity index (χ1) is 5.83. The lowest BCUT2D eigenvalue weighted by Gasteiger charge is -2.01. The Morgan fingerprint density at radius 1 is 1.42 bits per heavy atom. The summed E-state index contributed by atoms with van der Waals surface area (Å²) in [5.41, 5.74) is 2.82. The van der Waals surface area contributed by atoms with Gasteiger partial charge in [0.15, 0.2) is 0 Å². The van der Waals surface area contributed by atoms with Gasteiger partial charge in [0.05, 0.1) is 0 Å². The standard InChI is InChI=1S/C12H12/c1-3-10-8-12(10)11-7-5-4-6-9(11)2/h1,4-7,10,12H,8H2,2H3. The second kappa shape index (κ2) is 2.68. The lowest BCUT2D eigenvalue weighted by atomic mass is 10.0. The van der Waals surface area contributed by atoms with E-state index in [1.807, 2.05) is 0 Å². The van der Waals surface area contributed by atoms with Gasteiger partial charge < -0.3 is 0 Å². The van der Waals surface area contributed by atoms with Gasteiger partial charge in [-0.25, -0.2) is 0 Å². The first-order valence-corrected chi connectivity index (χ1v) is 4.34. The molecule has 1 aliphatic carbocycles. The molecule has 1 aliphatic rings. The van der Waals surface area contributed by atoms with Crippen molar-refractivity contribution in [3.05, 3.63) is 35.4 Å². The SMILES string of the molecule is C#CC1CC1c1ccccc1C. The zero-order chi connectivity index (χ0) is 8.55. The molecule has 1 fully saturated rings. The van der Waals surface area contributed by atoms with Gasteiger partial charge in [-0.2, -0.15) is 0 Å². The fourth-order valence-corrected chi connectivity index (χ4v) is 1.73. The highest BCUT2D eigenvalue weighted by Crippen LogP contribution is 2.47. The van der Waals surface area contributed by atoms with Crippen LogP contribution in [0.1, 0.15) is 23.5 Å². The second-order valence-electron chi connectivity index (χ2n) is 3.47. The molecule has 0 N–H and O–H groups in total. The summed E-state index contributed by atoms with van der Waals surface area (Å²) in [7, 11) is 0. The van der Waals surface area contributed by atoms with Crippen molar-refractivity contribution in [3.8, 4) is 12.3 Å². The van der Waals surface area contributed by atoms with Crippen LogP contribution in [0.15, 0.2) is 24.3 Å². The Balaban J connectivity index is 2.26. The Morgan fingerprint density at radius 3 is 2.75 bits per heavy atom. The third-order valence-corrected chi connectivity index (χ3v) is 2.59. The molecule has 12 heavy (non-hydrogen) atoms. The maximum atomic E-state index is 5.36. The monoisotopic (exact) mass is 156 g/mol. The highest BCUT2D eigenvalue weighted by Gasteiger charge is 2.37. The van der Waals surface area contributed by atoms with E-state index in [1.165, 1.54) is 17.5 Å². The van der Waals surface area contributed by atoms with Crippen LogP contribution >= 0.6 is 0 Å². The van der Waals surface area contributed by atoms with E-state index in [2.05, 4.69) is 37.1 Å². The molecule has 1 saturated carbocycles. The predicted molar refractivity (Wildman–Crippen MR) is 50.9 cm³/mol. The van der Waals surface area contributed by atoms with Crippen molar-refractivity contribution in [3.63, 3.8) is 0 Å². The van der Waals surface area contributed by atoms with Crippen LogP contribution in [0.5, 0.6) is 0 Å². The van der Waals surface area contributed by atoms with Crippen LogP contribution in [-0.2, 0) is 0 Å². The molecule has 0 bridgehead atoms. The smallest absolute Gasteiger partial charge is 0.0275 e. The summed E-state index contributed by atoms with van der Waals surface area (Å²) in [6.07, 6.45) is 6.54. The Kier molecular flexibility index (Phi) is 1.66. The lowest BCUT2D eigenvalue weighted by molar-refractivity contribution is 1.02. The van der Waals surface area contributed by atoms with Gasteiger partial charge in [-0.1, -0.05) is 24.3 Å². The van der Waals surface area contributed by atoms with Crippen LogP contribution in [-0.4, -0.2) is 0 Å². The quantitative estimate of drug-likeness (QED) is 0.548. The third-order valence-electron chi connectivity index (χ3n) is 2.59. The summed E-state index contributed by atoms with van der Waals surface area (Å²) in [5, 5.41) is 0. The molecule has 1 aromatic carbocycles. The van der Waals surface area contributed by atoms with E-state index in [0.717, 1.165) is 0 Å². The number of aryl methyl sites for hydroxylation is 1. The molecule has 0 aromatic heterocycles. The third kappa shape index (κ3) is 1.12. The van der Waals surface area contributed by atoms with E-state index < -0.39 is 0 Å². The van der Waals surface area contributed by atoms with E-state index in [1.54, 1.807) is 0 Å². The Morgan fingerprint density at radius 2 is 2.17 bits per heavy atom. The molecule has 0 amide bonds. The van der Waals surface area contributed by atoms with Crippen LogP contribution in [0.3, 0.4) is 0 Å². The van der Waals surface area contributed by atoms with Crippen LogP contribution in [0.25, 0.3) is 0 Å². The maximum absolute atomic E-state index is 5.36. The number of hydrogen-bond donors (Lipinski definition) is 0. The van der Waals surface area contributed by atoms with Crippen LogP contribution in [0.4, 0.5) is 0 Å². The van der Waals surface area contributed by atoms with Gasteiger partial charge >= 0.3 is 0 Å². The minimum absolute atomic E-state index is 0.506. The Labute approximate surface area is 73.6 Å². The van der Waals surface area contributed by atoms with E-state index in [4.69, 9.17) is 6.42 Å². The summed E-state index contributed by atoms with van der Waals surface area (Å²) < 4.78 is 0. The van der Waals surface area contributed by atoms with Crippen molar-refractivity contribution in [2.24, 2.45) is 5.92 Å². The maximum Gasteiger partial charge on any atom is 0.0275 e. The summed E-state index contributed by atoms with van der Waals surface area (Å²) in [5.74, 6) is 3.97. The van der Waals surface area contributed by atoms with Gasteiger partial charge in [0.25, 0.3) is 0 Å². The fraction of sp³-hybridized carbons (Fsp3) is 0.333. The van der Waals surface area contributed by atoms with Crippen molar-refractivity contribution in [2.75, 3.05) is 0 Å². The number of terminal acetylenes is 1. The summed E-state index contributed by atoms with van der Waals surface area (Å²) in [6.45, 7) is 2.15. The van der Waals surface area contributed by atoms with Crippen molar-refractivity contribution in [1.82, 2.24) is 0 Å². The summed E-state index contributed by atoms with van der Waals surface area (Å²) in [4.78, 5) is 0. The first kappa shape index (κ1) is 7.43. The molecule has 2 atom stereocenters. The average molecular weight is 156 g/mol. The van der Waals surface area contributed by atoms with Gasteiger partial charge in [0.2, 0.25) is 0 Å². The number of benzene rings is 1. The van der Waals surface area contributed by atoms with Crippen molar-refractivity contribution >= 4 is 0 Å². The van der Waals surface area contributed by atoms with Gasteiger partial charge in [0.1, 0.15) is 0 Å². The molecular weight excluding hydrogens is 144 g/mol. The first-order valence-electron chi connectivity index (χ1n) is 4.34. The summed E-state index contributed by atoms with van der Waals surface area (Å²) in [6, 6.07) is 8.51. The van der Waals surface area contributed by atoms with E-state index in [9.17, 15) is 0 Å². The predicted octanol–water partition coefficient (Wildman–Crippen LogP) is 2.73. The molecule has 2 unspecified atom stereocenters. The van der Waals surface area contributed by atoms with Crippen LogP contribution in [0.2, 0.25) is 0 Å². The molecule has 0 nitrogen and oxygen atoms in total. The molecule has 0 heteroatoms. The van der Waals surface area contributed by atoms with Crippen molar-refractivity contribution in [2.45, 2.75) is 19.3 Å². The minimum Gasteiger partial charge on any atom is -0.120 e. The van der Waals surface area contributed by atoms with Gasteiger partial charge in [-0.15, -0.1) is 12.3 Å². The Hall–Kier alpha value is -1.22. The van der Waals surface area contributed by atoms with E-state index in [0.29, 0.717) is 11.8 Å². The molecular formula is C12H12. The molecule has 0 spiro atoms. The minimum atomic E-state index is 0.506. The van der Waals surface area contributed by atoms with E-state index >= 15 is 0 Å². The van der Waals surface area contributed by atoms with Crippen molar-refractivity contribution < 1.29 is 0 Å². The molecule has 60 valence electrons. The number of rotatable bonds is 1. The zero-order valence-electron chi connectivity index (χ0n) is 7.25. The average Bonchev–Trinajstić information content (AvgIpc) is 2.84. The van der Waals surface area contributed by atoms with Gasteiger partial charge in [-0.05, 0) is 30.4 Å². The van der Waals surface area contributed by atoms with Gasteiger partial charge in [0, 0.05) is 5.92 Å². The highest BCUT2D eigenvalue weighted by molar-refractivity contribution is 5.36. The lowest BCUT2D eigenvalue weighted by Crippen LogP contribution is -1.85.